The lowest BCUT2D eigenvalue weighted by Crippen LogP contribution is -2.39. The Morgan fingerprint density at radius 2 is 2.00 bits per heavy atom. The van der Waals surface area contributed by atoms with E-state index >= 15 is 0 Å². The maximum atomic E-state index is 13.2. The Bertz CT molecular complexity index is 1380. The summed E-state index contributed by atoms with van der Waals surface area (Å²) in [7, 11) is 1.61. The summed E-state index contributed by atoms with van der Waals surface area (Å²) >= 11 is 0. The second kappa shape index (κ2) is 8.79. The highest BCUT2D eigenvalue weighted by Crippen LogP contribution is 2.36. The number of aromatic amines is 1. The van der Waals surface area contributed by atoms with Gasteiger partial charge in [0.1, 0.15) is 11.4 Å². The van der Waals surface area contributed by atoms with Crippen LogP contribution in [-0.2, 0) is 0 Å². The smallest absolute Gasteiger partial charge is 0.271 e. The molecule has 10 nitrogen and oxygen atoms in total. The number of hydrogen-bond acceptors (Lipinski definition) is 8. The van der Waals surface area contributed by atoms with Gasteiger partial charge in [0, 0.05) is 24.2 Å². The predicted octanol–water partition coefficient (Wildman–Crippen LogP) is 3.88. The van der Waals surface area contributed by atoms with Gasteiger partial charge in [0.2, 0.25) is 18.6 Å². The molecule has 35 heavy (non-hydrogen) atoms. The number of carbonyl (C=O) groups excluding carboxylic acids is 1. The number of ether oxygens (including phenoxy) is 3. The number of nitrogens with one attached hydrogen (secondary N) is 1. The fourth-order valence-electron chi connectivity index (χ4n) is 4.50. The number of benzene rings is 2. The highest BCUT2D eigenvalue weighted by molar-refractivity contribution is 5.93. The van der Waals surface area contributed by atoms with Gasteiger partial charge < -0.3 is 23.5 Å². The minimum Gasteiger partial charge on any atom is -0.496 e. The number of carbonyl (C=O) groups is 1. The molecule has 0 bridgehead atoms. The molecule has 1 atom stereocenters. The molecule has 4 aromatic rings. The van der Waals surface area contributed by atoms with Crippen LogP contribution in [0.1, 0.15) is 35.1 Å². The minimum absolute atomic E-state index is 0.0421. The van der Waals surface area contributed by atoms with Crippen molar-refractivity contribution in [3.63, 3.8) is 0 Å². The van der Waals surface area contributed by atoms with E-state index in [0.29, 0.717) is 53.5 Å². The molecule has 1 saturated heterocycles. The Morgan fingerprint density at radius 1 is 1.11 bits per heavy atom. The number of para-hydroxylation sites is 1. The van der Waals surface area contributed by atoms with Gasteiger partial charge in [-0.3, -0.25) is 9.89 Å². The summed E-state index contributed by atoms with van der Waals surface area (Å²) < 4.78 is 22.2. The van der Waals surface area contributed by atoms with Crippen LogP contribution >= 0.6 is 0 Å². The third kappa shape index (κ3) is 3.96. The van der Waals surface area contributed by atoms with Crippen LogP contribution in [0.15, 0.2) is 52.9 Å². The lowest BCUT2D eigenvalue weighted by Gasteiger charge is -2.30. The van der Waals surface area contributed by atoms with Gasteiger partial charge in [0.05, 0.1) is 18.7 Å². The van der Waals surface area contributed by atoms with Crippen molar-refractivity contribution >= 4 is 5.91 Å². The summed E-state index contributed by atoms with van der Waals surface area (Å²) in [6.07, 6.45) is 1.70. The first kappa shape index (κ1) is 21.2. The standard InChI is InChI=1S/C25H23N5O5/c1-32-20-7-3-2-6-17(20)18-12-19(27-26-18)25(31)30-10-4-5-16(13-30)24-29-28-23(35-24)15-8-9-21-22(11-15)34-14-33-21/h2-3,6-9,11-12,16H,4-5,10,13-14H2,1H3,(H,26,27). The molecule has 1 N–H and O–H groups in total. The van der Waals surface area contributed by atoms with Crippen molar-refractivity contribution in [1.29, 1.82) is 0 Å². The van der Waals surface area contributed by atoms with Gasteiger partial charge in [-0.15, -0.1) is 10.2 Å². The largest absolute Gasteiger partial charge is 0.496 e. The van der Waals surface area contributed by atoms with Crippen LogP contribution in [0.25, 0.3) is 22.7 Å². The lowest BCUT2D eigenvalue weighted by atomic mass is 9.97. The van der Waals surface area contributed by atoms with Crippen molar-refractivity contribution < 1.29 is 23.4 Å². The van der Waals surface area contributed by atoms with E-state index in [4.69, 9.17) is 18.6 Å². The zero-order valence-corrected chi connectivity index (χ0v) is 19.1. The first-order chi connectivity index (χ1) is 17.2. The monoisotopic (exact) mass is 473 g/mol. The number of piperidine rings is 1. The van der Waals surface area contributed by atoms with Crippen molar-refractivity contribution in [2.75, 3.05) is 27.0 Å². The number of fused-ring (bicyclic) bond motifs is 1. The molecule has 6 rings (SSSR count). The van der Waals surface area contributed by atoms with Crippen LogP contribution in [0.5, 0.6) is 17.2 Å². The molecule has 0 aliphatic carbocycles. The number of amides is 1. The third-order valence-electron chi connectivity index (χ3n) is 6.31. The van der Waals surface area contributed by atoms with E-state index in [0.717, 1.165) is 24.0 Å². The van der Waals surface area contributed by atoms with E-state index in [1.165, 1.54) is 0 Å². The van der Waals surface area contributed by atoms with Crippen LogP contribution in [-0.4, -0.2) is 58.2 Å². The molecule has 0 radical (unpaired) electrons. The van der Waals surface area contributed by atoms with Gasteiger partial charge in [-0.25, -0.2) is 0 Å². The average Bonchev–Trinajstić information content (AvgIpc) is 3.68. The summed E-state index contributed by atoms with van der Waals surface area (Å²) in [5.74, 6) is 2.83. The summed E-state index contributed by atoms with van der Waals surface area (Å²) in [5.41, 5.74) is 2.67. The van der Waals surface area contributed by atoms with Crippen LogP contribution in [0, 0.1) is 0 Å². The molecule has 2 aromatic carbocycles. The molecule has 0 saturated carbocycles. The molecule has 0 spiro atoms. The predicted molar refractivity (Wildman–Crippen MR) is 124 cm³/mol. The van der Waals surface area contributed by atoms with E-state index in [1.54, 1.807) is 18.1 Å². The highest BCUT2D eigenvalue weighted by Gasteiger charge is 2.30. The van der Waals surface area contributed by atoms with E-state index in [1.807, 2.05) is 42.5 Å². The van der Waals surface area contributed by atoms with E-state index in [2.05, 4.69) is 20.4 Å². The number of hydrogen-bond donors (Lipinski definition) is 1. The molecular weight excluding hydrogens is 450 g/mol. The van der Waals surface area contributed by atoms with Crippen molar-refractivity contribution in [1.82, 2.24) is 25.3 Å². The number of likely N-dealkylation sites (tertiary alicyclic amines) is 1. The topological polar surface area (TPSA) is 116 Å². The SMILES string of the molecule is COc1ccccc1-c1cc(C(=O)N2CCCC(c3nnc(-c4ccc5c(c4)OCO5)o3)C2)[nH]n1. The quantitative estimate of drug-likeness (QED) is 0.464. The minimum atomic E-state index is -0.112. The van der Waals surface area contributed by atoms with Crippen molar-refractivity contribution in [3.8, 4) is 40.0 Å². The fourth-order valence-corrected chi connectivity index (χ4v) is 4.50. The molecular formula is C25H23N5O5. The third-order valence-corrected chi connectivity index (χ3v) is 6.31. The normalized spacial score (nSPS) is 16.9. The van der Waals surface area contributed by atoms with Gasteiger partial charge in [0.15, 0.2) is 11.5 Å². The zero-order chi connectivity index (χ0) is 23.8. The number of nitrogens with zero attached hydrogens (tertiary/aromatic N) is 4. The van der Waals surface area contributed by atoms with Crippen molar-refractivity contribution in [2.24, 2.45) is 0 Å². The first-order valence-corrected chi connectivity index (χ1v) is 11.4. The van der Waals surface area contributed by atoms with Crippen LogP contribution in [0.2, 0.25) is 0 Å². The summed E-state index contributed by atoms with van der Waals surface area (Å²) in [6.45, 7) is 1.35. The maximum Gasteiger partial charge on any atom is 0.271 e. The van der Waals surface area contributed by atoms with Gasteiger partial charge in [0.25, 0.3) is 5.91 Å². The van der Waals surface area contributed by atoms with Crippen LogP contribution < -0.4 is 14.2 Å². The number of rotatable bonds is 5. The molecule has 2 aromatic heterocycles. The van der Waals surface area contributed by atoms with Crippen LogP contribution in [0.4, 0.5) is 0 Å². The second-order valence-corrected chi connectivity index (χ2v) is 8.47. The highest BCUT2D eigenvalue weighted by atomic mass is 16.7. The summed E-state index contributed by atoms with van der Waals surface area (Å²) in [4.78, 5) is 15.0. The molecule has 2 aliphatic rings. The van der Waals surface area contributed by atoms with Crippen molar-refractivity contribution in [2.45, 2.75) is 18.8 Å². The van der Waals surface area contributed by atoms with Gasteiger partial charge in [-0.05, 0) is 49.2 Å². The molecule has 2 aliphatic heterocycles. The van der Waals surface area contributed by atoms with Gasteiger partial charge >= 0.3 is 0 Å². The number of H-pyrrole nitrogens is 1. The Morgan fingerprint density at radius 3 is 2.91 bits per heavy atom. The Hall–Kier alpha value is -4.34. The van der Waals surface area contributed by atoms with Crippen LogP contribution in [0.3, 0.4) is 0 Å². The van der Waals surface area contributed by atoms with Gasteiger partial charge in [-0.1, -0.05) is 12.1 Å². The Kier molecular flexibility index (Phi) is 5.32. The van der Waals surface area contributed by atoms with E-state index < -0.39 is 0 Å². The number of methoxy groups -OCH3 is 1. The van der Waals surface area contributed by atoms with Gasteiger partial charge in [-0.2, -0.15) is 5.10 Å². The molecule has 178 valence electrons. The average molecular weight is 473 g/mol. The molecule has 1 unspecified atom stereocenters. The second-order valence-electron chi connectivity index (χ2n) is 8.47. The Balaban J connectivity index is 1.17. The Labute approximate surface area is 200 Å². The molecule has 1 fully saturated rings. The van der Waals surface area contributed by atoms with Crippen molar-refractivity contribution in [3.05, 3.63) is 60.1 Å². The first-order valence-electron chi connectivity index (χ1n) is 11.4. The van der Waals surface area contributed by atoms with E-state index in [9.17, 15) is 4.79 Å². The molecule has 1 amide bonds. The number of aromatic nitrogens is 4. The summed E-state index contributed by atoms with van der Waals surface area (Å²) in [5, 5.41) is 15.7. The molecule has 10 heteroatoms. The zero-order valence-electron chi connectivity index (χ0n) is 19.1. The molecule has 4 heterocycles. The maximum absolute atomic E-state index is 13.2. The lowest BCUT2D eigenvalue weighted by molar-refractivity contribution is 0.0692. The van der Waals surface area contributed by atoms with E-state index in [-0.39, 0.29) is 18.6 Å². The fraction of sp³-hybridized carbons (Fsp3) is 0.280. The summed E-state index contributed by atoms with van der Waals surface area (Å²) in [6, 6.07) is 14.8.